The van der Waals surface area contributed by atoms with Gasteiger partial charge in [0.2, 0.25) is 11.8 Å². The number of nitrogens with one attached hydrogen (secondary N) is 1. The second-order valence-electron chi connectivity index (χ2n) is 7.81. The van der Waals surface area contributed by atoms with Gasteiger partial charge in [-0.1, -0.05) is 12.1 Å². The lowest BCUT2D eigenvalue weighted by Crippen LogP contribution is -2.42. The number of piperidine rings is 1. The van der Waals surface area contributed by atoms with Crippen molar-refractivity contribution in [3.05, 3.63) is 59.5 Å². The molecule has 2 heterocycles. The van der Waals surface area contributed by atoms with Gasteiger partial charge in [-0.2, -0.15) is 0 Å². The number of benzene rings is 1. The number of aryl methyl sites for hydroxylation is 1. The Morgan fingerprint density at radius 1 is 1.14 bits per heavy atom. The summed E-state index contributed by atoms with van der Waals surface area (Å²) in [6, 6.07) is 10.2. The second-order valence-corrected chi connectivity index (χ2v) is 7.81. The molecule has 5 nitrogen and oxygen atoms in total. The van der Waals surface area contributed by atoms with Crippen molar-refractivity contribution < 1.29 is 14.0 Å². The van der Waals surface area contributed by atoms with Gasteiger partial charge in [0.05, 0.1) is 0 Å². The minimum Gasteiger partial charge on any atom is -0.342 e. The van der Waals surface area contributed by atoms with Crippen LogP contribution in [0, 0.1) is 24.6 Å². The van der Waals surface area contributed by atoms with Crippen molar-refractivity contribution in [1.82, 2.24) is 9.88 Å². The van der Waals surface area contributed by atoms with Crippen molar-refractivity contribution in [2.24, 2.45) is 11.8 Å². The van der Waals surface area contributed by atoms with E-state index in [4.69, 9.17) is 0 Å². The van der Waals surface area contributed by atoms with Gasteiger partial charge in [0.1, 0.15) is 11.6 Å². The van der Waals surface area contributed by atoms with Crippen molar-refractivity contribution >= 4 is 17.6 Å². The Balaban J connectivity index is 1.27. The molecule has 1 saturated carbocycles. The summed E-state index contributed by atoms with van der Waals surface area (Å²) < 4.78 is 13.1. The number of nitrogens with zero attached hydrogens (tertiary/aromatic N) is 2. The number of carbonyl (C=O) groups is 2. The Morgan fingerprint density at radius 3 is 2.54 bits per heavy atom. The van der Waals surface area contributed by atoms with E-state index >= 15 is 0 Å². The molecule has 0 bridgehead atoms. The lowest BCUT2D eigenvalue weighted by atomic mass is 9.95. The van der Waals surface area contributed by atoms with Crippen molar-refractivity contribution in [2.45, 2.75) is 32.1 Å². The zero-order valence-corrected chi connectivity index (χ0v) is 15.9. The van der Waals surface area contributed by atoms with E-state index in [1.165, 1.54) is 12.1 Å². The zero-order chi connectivity index (χ0) is 19.7. The van der Waals surface area contributed by atoms with Crippen LogP contribution in [0.15, 0.2) is 42.6 Å². The number of rotatable bonds is 4. The molecule has 2 atom stereocenters. The first kappa shape index (κ1) is 18.6. The van der Waals surface area contributed by atoms with E-state index < -0.39 is 0 Å². The highest BCUT2D eigenvalue weighted by molar-refractivity contribution is 5.92. The number of anilines is 1. The molecule has 2 aromatic rings. The summed E-state index contributed by atoms with van der Waals surface area (Å²) in [6.45, 7) is 3.16. The van der Waals surface area contributed by atoms with Gasteiger partial charge < -0.3 is 10.2 Å². The first-order chi connectivity index (χ1) is 13.5. The summed E-state index contributed by atoms with van der Waals surface area (Å²) >= 11 is 0. The van der Waals surface area contributed by atoms with E-state index in [2.05, 4.69) is 10.3 Å². The number of halogens is 1. The van der Waals surface area contributed by atoms with Gasteiger partial charge in [0, 0.05) is 31.1 Å². The lowest BCUT2D eigenvalue weighted by Gasteiger charge is -2.31. The summed E-state index contributed by atoms with van der Waals surface area (Å²) in [5, 5.41) is 2.88. The number of pyridine rings is 1. The van der Waals surface area contributed by atoms with Crippen LogP contribution in [0.25, 0.3) is 0 Å². The van der Waals surface area contributed by atoms with Crippen LogP contribution in [0.1, 0.15) is 36.3 Å². The Bertz CT molecular complexity index is 876. The highest BCUT2D eigenvalue weighted by atomic mass is 19.1. The zero-order valence-electron chi connectivity index (χ0n) is 15.9. The molecule has 146 valence electrons. The van der Waals surface area contributed by atoms with Crippen LogP contribution in [0.2, 0.25) is 0 Å². The van der Waals surface area contributed by atoms with Crippen LogP contribution in [0.4, 0.5) is 10.2 Å². The summed E-state index contributed by atoms with van der Waals surface area (Å²) in [6.07, 6.45) is 3.83. The van der Waals surface area contributed by atoms with Crippen LogP contribution in [-0.4, -0.2) is 34.8 Å². The topological polar surface area (TPSA) is 62.3 Å². The van der Waals surface area contributed by atoms with Crippen molar-refractivity contribution in [1.29, 1.82) is 0 Å². The molecule has 2 aliphatic rings. The Labute approximate surface area is 164 Å². The molecule has 1 N–H and O–H groups in total. The monoisotopic (exact) mass is 381 g/mol. The Hall–Kier alpha value is -2.76. The quantitative estimate of drug-likeness (QED) is 0.882. The average molecular weight is 381 g/mol. The van der Waals surface area contributed by atoms with Crippen LogP contribution >= 0.6 is 0 Å². The van der Waals surface area contributed by atoms with Crippen molar-refractivity contribution in [3.8, 4) is 0 Å². The SMILES string of the molecule is Cc1ccnc(NC(=O)C2CCN(C(=O)C3CC3c3ccc(F)cc3)CC2)c1. The minimum absolute atomic E-state index is 0.00710. The average Bonchev–Trinajstić information content (AvgIpc) is 3.49. The molecule has 2 unspecified atom stereocenters. The number of likely N-dealkylation sites (tertiary alicyclic amines) is 1. The number of carbonyl (C=O) groups excluding carboxylic acids is 2. The van der Waals surface area contributed by atoms with Crippen LogP contribution < -0.4 is 5.32 Å². The Kier molecular flexibility index (Phi) is 5.11. The third-order valence-corrected chi connectivity index (χ3v) is 5.75. The van der Waals surface area contributed by atoms with E-state index in [0.29, 0.717) is 31.7 Å². The summed E-state index contributed by atoms with van der Waals surface area (Å²) in [7, 11) is 0. The van der Waals surface area contributed by atoms with Crippen molar-refractivity contribution in [2.75, 3.05) is 18.4 Å². The first-order valence-corrected chi connectivity index (χ1v) is 9.79. The van der Waals surface area contributed by atoms with Gasteiger partial charge in [0.25, 0.3) is 0 Å². The molecule has 1 aromatic heterocycles. The summed E-state index contributed by atoms with van der Waals surface area (Å²) in [4.78, 5) is 31.3. The second kappa shape index (κ2) is 7.70. The number of amides is 2. The fraction of sp³-hybridized carbons (Fsp3) is 0.409. The maximum absolute atomic E-state index is 13.1. The van der Waals surface area contributed by atoms with Crippen LogP contribution in [0.5, 0.6) is 0 Å². The molecule has 2 amide bonds. The molecule has 1 aromatic carbocycles. The molecule has 0 spiro atoms. The van der Waals surface area contributed by atoms with Gasteiger partial charge in [-0.05, 0) is 67.5 Å². The smallest absolute Gasteiger partial charge is 0.228 e. The summed E-state index contributed by atoms with van der Waals surface area (Å²) in [5.74, 6) is 0.541. The number of hydrogen-bond acceptors (Lipinski definition) is 3. The van der Waals surface area contributed by atoms with Crippen LogP contribution in [-0.2, 0) is 9.59 Å². The van der Waals surface area contributed by atoms with Gasteiger partial charge in [0.15, 0.2) is 0 Å². The van der Waals surface area contributed by atoms with E-state index in [1.54, 1.807) is 18.3 Å². The van der Waals surface area contributed by atoms with Crippen molar-refractivity contribution in [3.63, 3.8) is 0 Å². The largest absolute Gasteiger partial charge is 0.342 e. The third-order valence-electron chi connectivity index (χ3n) is 5.75. The normalized spacial score (nSPS) is 22.0. The van der Waals surface area contributed by atoms with Gasteiger partial charge in [-0.25, -0.2) is 9.37 Å². The van der Waals surface area contributed by atoms with Gasteiger partial charge in [-0.3, -0.25) is 9.59 Å². The number of hydrogen-bond donors (Lipinski definition) is 1. The highest BCUT2D eigenvalue weighted by Gasteiger charge is 2.46. The molecule has 1 aliphatic carbocycles. The van der Waals surface area contributed by atoms with Gasteiger partial charge >= 0.3 is 0 Å². The van der Waals surface area contributed by atoms with E-state index in [1.807, 2.05) is 24.0 Å². The predicted octanol–water partition coefficient (Wildman–Crippen LogP) is 3.51. The Morgan fingerprint density at radius 2 is 1.86 bits per heavy atom. The standard InChI is InChI=1S/C22H24FN3O2/c1-14-6-9-24-20(12-14)25-21(27)16-7-10-26(11-8-16)22(28)19-13-18(19)15-2-4-17(23)5-3-15/h2-6,9,12,16,18-19H,7-8,10-11,13H2,1H3,(H,24,25,27). The molecule has 1 aliphatic heterocycles. The van der Waals surface area contributed by atoms with Gasteiger partial charge in [-0.15, -0.1) is 0 Å². The molecule has 2 fully saturated rings. The maximum atomic E-state index is 13.1. The van der Waals surface area contributed by atoms with E-state index in [9.17, 15) is 14.0 Å². The van der Waals surface area contributed by atoms with E-state index in [-0.39, 0.29) is 35.4 Å². The van der Waals surface area contributed by atoms with Crippen LogP contribution in [0.3, 0.4) is 0 Å². The predicted molar refractivity (Wildman–Crippen MR) is 104 cm³/mol. The third kappa shape index (κ3) is 4.06. The molecular weight excluding hydrogens is 357 g/mol. The fourth-order valence-electron chi connectivity index (χ4n) is 3.98. The molecule has 1 saturated heterocycles. The summed E-state index contributed by atoms with van der Waals surface area (Å²) in [5.41, 5.74) is 2.07. The maximum Gasteiger partial charge on any atom is 0.228 e. The molecule has 0 radical (unpaired) electrons. The fourth-order valence-corrected chi connectivity index (χ4v) is 3.98. The number of aromatic nitrogens is 1. The highest BCUT2D eigenvalue weighted by Crippen LogP contribution is 2.48. The first-order valence-electron chi connectivity index (χ1n) is 9.79. The minimum atomic E-state index is -0.256. The molecule has 4 rings (SSSR count). The van der Waals surface area contributed by atoms with E-state index in [0.717, 1.165) is 17.5 Å². The molecule has 28 heavy (non-hydrogen) atoms. The molecule has 6 heteroatoms. The molecular formula is C22H24FN3O2. The lowest BCUT2D eigenvalue weighted by molar-refractivity contribution is -0.135.